The van der Waals surface area contributed by atoms with Gasteiger partial charge < -0.3 is 24.4 Å². The number of fused-ring (bicyclic) bond motifs is 1. The number of ether oxygens (including phenoxy) is 3. The predicted molar refractivity (Wildman–Crippen MR) is 113 cm³/mol. The maximum atomic E-state index is 13.1. The van der Waals surface area contributed by atoms with Crippen molar-refractivity contribution in [3.63, 3.8) is 0 Å². The second kappa shape index (κ2) is 10.1. The lowest BCUT2D eigenvalue weighted by molar-refractivity contribution is -0.122. The van der Waals surface area contributed by atoms with E-state index in [2.05, 4.69) is 5.32 Å². The molecule has 1 aliphatic rings. The van der Waals surface area contributed by atoms with Gasteiger partial charge in [-0.25, -0.2) is 0 Å². The van der Waals surface area contributed by atoms with E-state index in [1.54, 1.807) is 19.1 Å². The van der Waals surface area contributed by atoms with Gasteiger partial charge in [0.1, 0.15) is 0 Å². The number of hydrogen-bond acceptors (Lipinski definition) is 5. The van der Waals surface area contributed by atoms with E-state index in [9.17, 15) is 9.59 Å². The van der Waals surface area contributed by atoms with Gasteiger partial charge in [0.2, 0.25) is 5.91 Å². The van der Waals surface area contributed by atoms with Crippen LogP contribution in [0.1, 0.15) is 40.9 Å². The molecule has 0 saturated heterocycles. The summed E-state index contributed by atoms with van der Waals surface area (Å²) in [6, 6.07) is 12.7. The van der Waals surface area contributed by atoms with Crippen LogP contribution in [0.25, 0.3) is 0 Å². The van der Waals surface area contributed by atoms with Crippen molar-refractivity contribution in [1.82, 2.24) is 10.2 Å². The lowest BCUT2D eigenvalue weighted by Gasteiger charge is -2.28. The molecule has 7 heteroatoms. The van der Waals surface area contributed by atoms with E-state index in [0.29, 0.717) is 43.4 Å². The first-order chi connectivity index (χ1) is 14.6. The summed E-state index contributed by atoms with van der Waals surface area (Å²) in [5.41, 5.74) is 2.46. The Kier molecular flexibility index (Phi) is 7.30. The Morgan fingerprint density at radius 3 is 2.67 bits per heavy atom. The largest absolute Gasteiger partial charge is 0.493 e. The molecule has 1 heterocycles. The molecule has 0 fully saturated rings. The highest BCUT2D eigenvalue weighted by Crippen LogP contribution is 2.37. The van der Waals surface area contributed by atoms with Gasteiger partial charge in [-0.05, 0) is 36.2 Å². The molecule has 0 spiro atoms. The molecule has 0 aromatic heterocycles. The normalized spacial score (nSPS) is 13.7. The Morgan fingerprint density at radius 2 is 1.97 bits per heavy atom. The van der Waals surface area contributed by atoms with Gasteiger partial charge in [-0.3, -0.25) is 9.59 Å². The summed E-state index contributed by atoms with van der Waals surface area (Å²) in [5, 5.41) is 2.85. The van der Waals surface area contributed by atoms with Gasteiger partial charge in [0.05, 0.1) is 32.8 Å². The van der Waals surface area contributed by atoms with Crippen LogP contribution in [0, 0.1) is 0 Å². The van der Waals surface area contributed by atoms with Crippen LogP contribution in [-0.4, -0.2) is 50.7 Å². The number of amides is 2. The Hall–Kier alpha value is -3.06. The van der Waals surface area contributed by atoms with Crippen molar-refractivity contribution in [2.24, 2.45) is 0 Å². The van der Waals surface area contributed by atoms with Crippen molar-refractivity contribution in [3.05, 3.63) is 59.2 Å². The number of rotatable bonds is 10. The fraction of sp³-hybridized carbons (Fsp3) is 0.391. The second-order valence-corrected chi connectivity index (χ2v) is 7.00. The van der Waals surface area contributed by atoms with E-state index < -0.39 is 6.04 Å². The third kappa shape index (κ3) is 4.74. The van der Waals surface area contributed by atoms with Crippen LogP contribution in [0.15, 0.2) is 42.5 Å². The topological polar surface area (TPSA) is 77.1 Å². The summed E-state index contributed by atoms with van der Waals surface area (Å²) < 4.78 is 16.1. The van der Waals surface area contributed by atoms with Gasteiger partial charge in [0, 0.05) is 25.8 Å². The molecule has 2 aromatic rings. The minimum absolute atomic E-state index is 0.0758. The molecule has 1 atom stereocenters. The van der Waals surface area contributed by atoms with Gasteiger partial charge in [-0.2, -0.15) is 0 Å². The van der Waals surface area contributed by atoms with Crippen LogP contribution in [0.3, 0.4) is 0 Å². The number of nitrogens with zero attached hydrogens (tertiary/aromatic N) is 1. The molecule has 7 nitrogen and oxygen atoms in total. The minimum Gasteiger partial charge on any atom is -0.493 e. The molecule has 2 amide bonds. The van der Waals surface area contributed by atoms with Crippen molar-refractivity contribution < 1.29 is 23.8 Å². The predicted octanol–water partition coefficient (Wildman–Crippen LogP) is 2.94. The Balaban J connectivity index is 1.90. The zero-order chi connectivity index (χ0) is 21.5. The highest BCUT2D eigenvalue weighted by Gasteiger charge is 2.34. The zero-order valence-electron chi connectivity index (χ0n) is 17.6. The van der Waals surface area contributed by atoms with Gasteiger partial charge >= 0.3 is 0 Å². The fourth-order valence-corrected chi connectivity index (χ4v) is 3.64. The molecule has 1 aliphatic heterocycles. The van der Waals surface area contributed by atoms with E-state index >= 15 is 0 Å². The smallest absolute Gasteiger partial charge is 0.255 e. The van der Waals surface area contributed by atoms with E-state index in [-0.39, 0.29) is 18.2 Å². The summed E-state index contributed by atoms with van der Waals surface area (Å²) in [4.78, 5) is 27.4. The SMILES string of the molecule is CCOc1ccc([C@H](CC(=O)NCCOC)N2Cc3ccccc3C2=O)cc1OC. The summed E-state index contributed by atoms with van der Waals surface area (Å²) in [5.74, 6) is 0.980. The average molecular weight is 412 g/mol. The van der Waals surface area contributed by atoms with Crippen molar-refractivity contribution in [1.29, 1.82) is 0 Å². The zero-order valence-corrected chi connectivity index (χ0v) is 17.6. The third-order valence-corrected chi connectivity index (χ3v) is 5.10. The molecule has 160 valence electrons. The third-order valence-electron chi connectivity index (χ3n) is 5.10. The average Bonchev–Trinajstić information content (AvgIpc) is 3.09. The lowest BCUT2D eigenvalue weighted by atomic mass is 10.0. The second-order valence-electron chi connectivity index (χ2n) is 7.00. The molecule has 0 aliphatic carbocycles. The van der Waals surface area contributed by atoms with Gasteiger partial charge in [-0.1, -0.05) is 24.3 Å². The number of benzene rings is 2. The van der Waals surface area contributed by atoms with Crippen molar-refractivity contribution >= 4 is 11.8 Å². The Labute approximate surface area is 176 Å². The molecule has 2 aromatic carbocycles. The summed E-state index contributed by atoms with van der Waals surface area (Å²) in [6.45, 7) is 3.73. The number of nitrogens with one attached hydrogen (secondary N) is 1. The van der Waals surface area contributed by atoms with Crippen LogP contribution in [0.2, 0.25) is 0 Å². The molecule has 0 radical (unpaired) electrons. The quantitative estimate of drug-likeness (QED) is 0.607. The highest BCUT2D eigenvalue weighted by atomic mass is 16.5. The maximum absolute atomic E-state index is 13.1. The number of methoxy groups -OCH3 is 2. The van der Waals surface area contributed by atoms with Crippen molar-refractivity contribution in [2.45, 2.75) is 25.9 Å². The molecule has 0 saturated carbocycles. The molecule has 1 N–H and O–H groups in total. The van der Waals surface area contributed by atoms with E-state index in [1.807, 2.05) is 49.4 Å². The van der Waals surface area contributed by atoms with Gasteiger partial charge in [-0.15, -0.1) is 0 Å². The van der Waals surface area contributed by atoms with Gasteiger partial charge in [0.25, 0.3) is 5.91 Å². The van der Waals surface area contributed by atoms with E-state index in [4.69, 9.17) is 14.2 Å². The number of carbonyl (C=O) groups excluding carboxylic acids is 2. The highest BCUT2D eigenvalue weighted by molar-refractivity contribution is 5.98. The van der Waals surface area contributed by atoms with Crippen LogP contribution in [-0.2, 0) is 16.1 Å². The molecule has 3 rings (SSSR count). The maximum Gasteiger partial charge on any atom is 0.255 e. The van der Waals surface area contributed by atoms with Gasteiger partial charge in [0.15, 0.2) is 11.5 Å². The first kappa shape index (κ1) is 21.6. The standard InChI is InChI=1S/C23H28N2O5/c1-4-30-20-10-9-16(13-21(20)29-3)19(14-22(26)24-11-12-28-2)25-15-17-7-5-6-8-18(17)23(25)27/h5-10,13,19H,4,11-12,14-15H2,1-3H3,(H,24,26)/t19-/m0/s1. The lowest BCUT2D eigenvalue weighted by Crippen LogP contribution is -2.35. The number of hydrogen-bond donors (Lipinski definition) is 1. The van der Waals surface area contributed by atoms with Crippen LogP contribution in [0.4, 0.5) is 0 Å². The summed E-state index contributed by atoms with van der Waals surface area (Å²) >= 11 is 0. The number of carbonyl (C=O) groups is 2. The molecular weight excluding hydrogens is 384 g/mol. The van der Waals surface area contributed by atoms with Crippen LogP contribution < -0.4 is 14.8 Å². The van der Waals surface area contributed by atoms with Crippen molar-refractivity contribution in [2.75, 3.05) is 34.0 Å². The van der Waals surface area contributed by atoms with Crippen molar-refractivity contribution in [3.8, 4) is 11.5 Å². The molecular formula is C23H28N2O5. The Bertz CT molecular complexity index is 899. The first-order valence-electron chi connectivity index (χ1n) is 10.0. The first-order valence-corrected chi connectivity index (χ1v) is 10.0. The summed E-state index contributed by atoms with van der Waals surface area (Å²) in [7, 11) is 3.16. The monoisotopic (exact) mass is 412 g/mol. The van der Waals surface area contributed by atoms with E-state index in [0.717, 1.165) is 11.1 Å². The minimum atomic E-state index is -0.433. The molecule has 0 unspecified atom stereocenters. The molecule has 30 heavy (non-hydrogen) atoms. The fourth-order valence-electron chi connectivity index (χ4n) is 3.64. The molecule has 0 bridgehead atoms. The van der Waals surface area contributed by atoms with Crippen LogP contribution in [0.5, 0.6) is 11.5 Å². The summed E-state index contributed by atoms with van der Waals surface area (Å²) in [6.07, 6.45) is 0.139. The van der Waals surface area contributed by atoms with E-state index in [1.165, 1.54) is 0 Å². The van der Waals surface area contributed by atoms with Crippen LogP contribution >= 0.6 is 0 Å². The Morgan fingerprint density at radius 1 is 1.17 bits per heavy atom.